The highest BCUT2D eigenvalue weighted by atomic mass is 32.1. The molecule has 25 heavy (non-hydrogen) atoms. The molecule has 0 saturated heterocycles. The molecule has 0 spiro atoms. The van der Waals surface area contributed by atoms with E-state index < -0.39 is 11.8 Å². The molecule has 128 valence electrons. The van der Waals surface area contributed by atoms with E-state index in [1.54, 1.807) is 43.6 Å². The number of benzene rings is 1. The number of carbonyl (C=O) groups excluding carboxylic acids is 2. The molecule has 0 aliphatic carbocycles. The highest BCUT2D eigenvalue weighted by Crippen LogP contribution is 2.12. The topological polar surface area (TPSA) is 92.4 Å². The van der Waals surface area contributed by atoms with Crippen molar-refractivity contribution in [2.75, 3.05) is 7.11 Å². The van der Waals surface area contributed by atoms with Crippen molar-refractivity contribution < 1.29 is 14.3 Å². The van der Waals surface area contributed by atoms with E-state index in [0.717, 1.165) is 11.3 Å². The predicted molar refractivity (Wildman–Crippen MR) is 97.6 cm³/mol. The van der Waals surface area contributed by atoms with Gasteiger partial charge in [0.15, 0.2) is 5.11 Å². The number of pyridine rings is 1. The molecule has 0 aliphatic rings. The van der Waals surface area contributed by atoms with Gasteiger partial charge in [-0.3, -0.25) is 30.7 Å². The minimum absolute atomic E-state index is 0.0263. The van der Waals surface area contributed by atoms with Gasteiger partial charge in [0.25, 0.3) is 5.91 Å². The summed E-state index contributed by atoms with van der Waals surface area (Å²) in [7, 11) is 1.58. The van der Waals surface area contributed by atoms with E-state index in [9.17, 15) is 9.59 Å². The van der Waals surface area contributed by atoms with Crippen molar-refractivity contribution in [1.82, 2.24) is 21.2 Å². The summed E-state index contributed by atoms with van der Waals surface area (Å²) in [5.74, 6) is -0.112. The van der Waals surface area contributed by atoms with Gasteiger partial charge in [0.1, 0.15) is 5.75 Å². The Morgan fingerprint density at radius 2 is 1.92 bits per heavy atom. The zero-order valence-electron chi connectivity index (χ0n) is 13.4. The Balaban J connectivity index is 1.78. The zero-order valence-corrected chi connectivity index (χ0v) is 14.2. The maximum absolute atomic E-state index is 11.8. The van der Waals surface area contributed by atoms with Crippen molar-refractivity contribution in [2.24, 2.45) is 0 Å². The lowest BCUT2D eigenvalue weighted by Crippen LogP contribution is -2.48. The van der Waals surface area contributed by atoms with Crippen molar-refractivity contribution in [3.63, 3.8) is 0 Å². The second-order valence-electron chi connectivity index (χ2n) is 4.75. The Hall–Kier alpha value is -3.26. The third kappa shape index (κ3) is 6.04. The fourth-order valence-corrected chi connectivity index (χ4v) is 1.91. The van der Waals surface area contributed by atoms with Gasteiger partial charge >= 0.3 is 0 Å². The number of nitrogens with zero attached hydrogens (tertiary/aromatic N) is 1. The summed E-state index contributed by atoms with van der Waals surface area (Å²) in [5.41, 5.74) is 6.01. The fraction of sp³-hybridized carbons (Fsp3) is 0.0588. The van der Waals surface area contributed by atoms with Gasteiger partial charge in [-0.1, -0.05) is 12.1 Å². The first-order valence-electron chi connectivity index (χ1n) is 7.22. The molecule has 0 atom stereocenters. The number of hydrogen-bond donors (Lipinski definition) is 3. The normalized spacial score (nSPS) is 10.1. The van der Waals surface area contributed by atoms with Gasteiger partial charge in [0, 0.05) is 18.5 Å². The maximum Gasteiger partial charge on any atom is 0.271 e. The summed E-state index contributed by atoms with van der Waals surface area (Å²) < 4.78 is 5.06. The van der Waals surface area contributed by atoms with Crippen LogP contribution in [0.4, 0.5) is 0 Å². The number of aromatic nitrogens is 1. The molecule has 2 aromatic rings. The summed E-state index contributed by atoms with van der Waals surface area (Å²) >= 11 is 4.94. The van der Waals surface area contributed by atoms with Gasteiger partial charge in [-0.2, -0.15) is 0 Å². The monoisotopic (exact) mass is 356 g/mol. The third-order valence-electron chi connectivity index (χ3n) is 2.99. The number of hydrazine groups is 1. The third-order valence-corrected chi connectivity index (χ3v) is 3.20. The molecule has 2 rings (SSSR count). The van der Waals surface area contributed by atoms with E-state index in [1.807, 2.05) is 12.1 Å². The molecule has 7 nitrogen and oxygen atoms in total. The van der Waals surface area contributed by atoms with Crippen molar-refractivity contribution in [3.8, 4) is 5.75 Å². The molecule has 8 heteroatoms. The van der Waals surface area contributed by atoms with Crippen LogP contribution in [0.2, 0.25) is 0 Å². The smallest absolute Gasteiger partial charge is 0.271 e. The zero-order chi connectivity index (χ0) is 18.1. The van der Waals surface area contributed by atoms with Crippen LogP contribution in [-0.4, -0.2) is 29.0 Å². The van der Waals surface area contributed by atoms with E-state index in [-0.39, 0.29) is 5.11 Å². The number of carbonyl (C=O) groups is 2. The van der Waals surface area contributed by atoms with E-state index in [0.29, 0.717) is 5.56 Å². The summed E-state index contributed by atoms with van der Waals surface area (Å²) in [4.78, 5) is 27.4. The Morgan fingerprint density at radius 3 is 2.56 bits per heavy atom. The number of rotatable bonds is 4. The van der Waals surface area contributed by atoms with Crippen molar-refractivity contribution in [1.29, 1.82) is 0 Å². The van der Waals surface area contributed by atoms with Crippen LogP contribution in [0.25, 0.3) is 6.08 Å². The average molecular weight is 356 g/mol. The van der Waals surface area contributed by atoms with Gasteiger partial charge in [-0.15, -0.1) is 0 Å². The Kier molecular flexibility index (Phi) is 6.61. The number of nitrogens with one attached hydrogen (secondary N) is 3. The minimum atomic E-state index is -0.427. The maximum atomic E-state index is 11.8. The molecule has 3 N–H and O–H groups in total. The largest absolute Gasteiger partial charge is 0.497 e. The SMILES string of the molecule is COc1ccc(C=CC(=O)NC(=S)NNC(=O)c2cccnc2)cc1. The molecule has 1 aromatic heterocycles. The highest BCUT2D eigenvalue weighted by Gasteiger charge is 2.06. The summed E-state index contributed by atoms with van der Waals surface area (Å²) in [5, 5.41) is 2.39. The molecule has 0 aliphatic heterocycles. The molecule has 2 amide bonds. The summed E-state index contributed by atoms with van der Waals surface area (Å²) in [6.45, 7) is 0. The first-order chi connectivity index (χ1) is 12.1. The van der Waals surface area contributed by atoms with E-state index in [4.69, 9.17) is 17.0 Å². The molecule has 0 bridgehead atoms. The molecular formula is C17H16N4O3S. The number of amides is 2. The molecule has 0 radical (unpaired) electrons. The summed E-state index contributed by atoms with van der Waals surface area (Å²) in [6, 6.07) is 10.4. The van der Waals surface area contributed by atoms with Crippen molar-refractivity contribution in [3.05, 3.63) is 66.0 Å². The molecule has 1 heterocycles. The number of ether oxygens (including phenoxy) is 1. The number of thiocarbonyl (C=S) groups is 1. The van der Waals surface area contributed by atoms with Gasteiger partial charge in [-0.25, -0.2) is 0 Å². The summed E-state index contributed by atoms with van der Waals surface area (Å²) in [6.07, 6.45) is 5.94. The van der Waals surface area contributed by atoms with Crippen molar-refractivity contribution in [2.45, 2.75) is 0 Å². The van der Waals surface area contributed by atoms with Crippen LogP contribution in [0.3, 0.4) is 0 Å². The average Bonchev–Trinajstić information content (AvgIpc) is 2.65. The standard InChI is InChI=1S/C17H16N4O3S/c1-24-14-7-4-12(5-8-14)6-9-15(22)19-17(25)21-20-16(23)13-3-2-10-18-11-13/h2-11H,1H3,(H,20,23)(H2,19,21,22,25). The van der Waals surface area contributed by atoms with E-state index >= 15 is 0 Å². The van der Waals surface area contributed by atoms with Crippen LogP contribution in [0, 0.1) is 0 Å². The minimum Gasteiger partial charge on any atom is -0.497 e. The number of hydrogen-bond acceptors (Lipinski definition) is 5. The molecule has 0 unspecified atom stereocenters. The van der Waals surface area contributed by atoms with Gasteiger partial charge in [0.2, 0.25) is 5.91 Å². The number of methoxy groups -OCH3 is 1. The first kappa shape index (κ1) is 18.1. The molecule has 1 aromatic carbocycles. The second-order valence-corrected chi connectivity index (χ2v) is 5.15. The lowest BCUT2D eigenvalue weighted by atomic mass is 10.2. The Morgan fingerprint density at radius 1 is 1.16 bits per heavy atom. The fourth-order valence-electron chi connectivity index (χ4n) is 1.75. The predicted octanol–water partition coefficient (Wildman–Crippen LogP) is 1.44. The molecule has 0 fully saturated rings. The van der Waals surface area contributed by atoms with Crippen LogP contribution < -0.4 is 20.9 Å². The lowest BCUT2D eigenvalue weighted by Gasteiger charge is -2.09. The van der Waals surface area contributed by atoms with Crippen LogP contribution >= 0.6 is 12.2 Å². The van der Waals surface area contributed by atoms with E-state index in [1.165, 1.54) is 12.3 Å². The first-order valence-corrected chi connectivity index (χ1v) is 7.63. The van der Waals surface area contributed by atoms with Crippen LogP contribution in [0.5, 0.6) is 5.75 Å². The van der Waals surface area contributed by atoms with Gasteiger partial charge < -0.3 is 4.74 Å². The Bertz CT molecular complexity index is 776. The van der Waals surface area contributed by atoms with Gasteiger partial charge in [-0.05, 0) is 48.1 Å². The van der Waals surface area contributed by atoms with E-state index in [2.05, 4.69) is 21.2 Å². The highest BCUT2D eigenvalue weighted by molar-refractivity contribution is 7.80. The van der Waals surface area contributed by atoms with Crippen LogP contribution in [0.1, 0.15) is 15.9 Å². The second kappa shape index (κ2) is 9.14. The lowest BCUT2D eigenvalue weighted by molar-refractivity contribution is -0.115. The van der Waals surface area contributed by atoms with Crippen LogP contribution in [-0.2, 0) is 4.79 Å². The van der Waals surface area contributed by atoms with Crippen molar-refractivity contribution >= 4 is 35.2 Å². The Labute approximate surface area is 150 Å². The van der Waals surface area contributed by atoms with Crippen LogP contribution in [0.15, 0.2) is 54.9 Å². The molecule has 0 saturated carbocycles. The van der Waals surface area contributed by atoms with Gasteiger partial charge in [0.05, 0.1) is 12.7 Å². The molecular weight excluding hydrogens is 340 g/mol. The quantitative estimate of drug-likeness (QED) is 0.436.